The second kappa shape index (κ2) is 9.19. The smallest absolute Gasteiger partial charge is 0.191 e. The first-order valence-corrected chi connectivity index (χ1v) is 10.2. The van der Waals surface area contributed by atoms with Crippen molar-refractivity contribution in [2.45, 2.75) is 64.7 Å². The van der Waals surface area contributed by atoms with E-state index in [1.54, 1.807) is 6.33 Å². The van der Waals surface area contributed by atoms with Gasteiger partial charge in [0.1, 0.15) is 12.2 Å². The summed E-state index contributed by atoms with van der Waals surface area (Å²) in [7, 11) is 0. The molecule has 3 N–H and O–H groups in total. The molecule has 0 spiro atoms. The molecule has 28 heavy (non-hydrogen) atoms. The second-order valence-electron chi connectivity index (χ2n) is 8.09. The van der Waals surface area contributed by atoms with E-state index in [9.17, 15) is 0 Å². The molecule has 2 aromatic rings. The Hall–Kier alpha value is -2.41. The minimum absolute atomic E-state index is 0.122. The van der Waals surface area contributed by atoms with E-state index in [2.05, 4.69) is 78.0 Å². The standard InChI is InChI=1S/C21H33N7/c1-5-22-20(26-18-11-12-19-24-15-25-28(19)13-18)23-14-21(3,4)27-16(2)17-9-7-6-8-10-17/h6-10,15-16,18,27H,5,11-14H2,1-4H3,(H2,22,23,26). The van der Waals surface area contributed by atoms with Crippen LogP contribution in [0.5, 0.6) is 0 Å². The summed E-state index contributed by atoms with van der Waals surface area (Å²) in [5.41, 5.74) is 1.17. The molecule has 1 aromatic carbocycles. The average Bonchev–Trinajstić information content (AvgIpc) is 3.14. The molecule has 7 heteroatoms. The fourth-order valence-corrected chi connectivity index (χ4v) is 3.60. The van der Waals surface area contributed by atoms with Crippen molar-refractivity contribution in [3.8, 4) is 0 Å². The Morgan fingerprint density at radius 3 is 2.86 bits per heavy atom. The molecular weight excluding hydrogens is 350 g/mol. The Balaban J connectivity index is 1.58. The summed E-state index contributed by atoms with van der Waals surface area (Å²) in [6.07, 6.45) is 3.62. The van der Waals surface area contributed by atoms with Crippen molar-refractivity contribution in [3.63, 3.8) is 0 Å². The van der Waals surface area contributed by atoms with Gasteiger partial charge in [-0.3, -0.25) is 4.99 Å². The topological polar surface area (TPSA) is 79.2 Å². The highest BCUT2D eigenvalue weighted by molar-refractivity contribution is 5.80. The summed E-state index contributed by atoms with van der Waals surface area (Å²) in [5.74, 6) is 1.93. The zero-order valence-electron chi connectivity index (χ0n) is 17.4. The third-order valence-corrected chi connectivity index (χ3v) is 5.03. The van der Waals surface area contributed by atoms with E-state index >= 15 is 0 Å². The molecule has 1 aliphatic rings. The van der Waals surface area contributed by atoms with Gasteiger partial charge in [0, 0.05) is 30.6 Å². The van der Waals surface area contributed by atoms with Gasteiger partial charge in [-0.05, 0) is 39.7 Å². The third-order valence-electron chi connectivity index (χ3n) is 5.03. The van der Waals surface area contributed by atoms with Gasteiger partial charge in [0.25, 0.3) is 0 Å². The van der Waals surface area contributed by atoms with Gasteiger partial charge in [-0.2, -0.15) is 5.10 Å². The molecular formula is C21H33N7. The maximum absolute atomic E-state index is 4.86. The van der Waals surface area contributed by atoms with Crippen LogP contribution in [-0.2, 0) is 13.0 Å². The largest absolute Gasteiger partial charge is 0.357 e. The lowest BCUT2D eigenvalue weighted by Crippen LogP contribution is -2.49. The van der Waals surface area contributed by atoms with Gasteiger partial charge < -0.3 is 16.0 Å². The number of aliphatic imine (C=N–C) groups is 1. The minimum atomic E-state index is -0.122. The number of rotatable bonds is 7. The summed E-state index contributed by atoms with van der Waals surface area (Å²) in [6, 6.07) is 11.1. The van der Waals surface area contributed by atoms with E-state index in [1.165, 1.54) is 5.56 Å². The Labute approximate surface area is 168 Å². The maximum Gasteiger partial charge on any atom is 0.191 e. The molecule has 1 aliphatic heterocycles. The highest BCUT2D eigenvalue weighted by Gasteiger charge is 2.23. The number of hydrogen-bond donors (Lipinski definition) is 3. The van der Waals surface area contributed by atoms with Crippen molar-refractivity contribution in [2.24, 2.45) is 4.99 Å². The molecule has 0 amide bonds. The fourth-order valence-electron chi connectivity index (χ4n) is 3.60. The van der Waals surface area contributed by atoms with E-state index in [0.29, 0.717) is 12.6 Å². The molecule has 152 valence electrons. The molecule has 2 heterocycles. The van der Waals surface area contributed by atoms with Crippen molar-refractivity contribution in [3.05, 3.63) is 48.0 Å². The van der Waals surface area contributed by atoms with Gasteiger partial charge in [0.2, 0.25) is 0 Å². The summed E-state index contributed by atoms with van der Waals surface area (Å²) in [6.45, 7) is 11.0. The Morgan fingerprint density at radius 1 is 1.32 bits per heavy atom. The molecule has 0 saturated heterocycles. The summed E-state index contributed by atoms with van der Waals surface area (Å²) >= 11 is 0. The van der Waals surface area contributed by atoms with Crippen molar-refractivity contribution >= 4 is 5.96 Å². The van der Waals surface area contributed by atoms with Gasteiger partial charge in [-0.25, -0.2) is 9.67 Å². The Bertz CT molecular complexity index is 766. The number of hydrogen-bond acceptors (Lipinski definition) is 4. The molecule has 0 bridgehead atoms. The Morgan fingerprint density at radius 2 is 2.11 bits per heavy atom. The molecule has 1 aromatic heterocycles. The summed E-state index contributed by atoms with van der Waals surface area (Å²) < 4.78 is 1.98. The molecule has 0 fully saturated rings. The van der Waals surface area contributed by atoms with Crippen LogP contribution in [0.1, 0.15) is 51.5 Å². The van der Waals surface area contributed by atoms with Crippen molar-refractivity contribution < 1.29 is 0 Å². The lowest BCUT2D eigenvalue weighted by atomic mass is 10.0. The average molecular weight is 384 g/mol. The monoisotopic (exact) mass is 383 g/mol. The van der Waals surface area contributed by atoms with Crippen LogP contribution in [-0.4, -0.2) is 45.4 Å². The van der Waals surface area contributed by atoms with E-state index < -0.39 is 0 Å². The van der Waals surface area contributed by atoms with E-state index in [-0.39, 0.29) is 11.6 Å². The normalized spacial score (nSPS) is 18.4. The van der Waals surface area contributed by atoms with Gasteiger partial charge in [-0.1, -0.05) is 30.3 Å². The van der Waals surface area contributed by atoms with Gasteiger partial charge in [0.05, 0.1) is 13.1 Å². The highest BCUT2D eigenvalue weighted by Crippen LogP contribution is 2.16. The Kier molecular flexibility index (Phi) is 6.67. The quantitative estimate of drug-likeness (QED) is 0.505. The third kappa shape index (κ3) is 5.55. The molecule has 0 saturated carbocycles. The van der Waals surface area contributed by atoms with Crippen molar-refractivity contribution in [2.75, 3.05) is 13.1 Å². The number of nitrogens with one attached hydrogen (secondary N) is 3. The lowest BCUT2D eigenvalue weighted by molar-refractivity contribution is 0.355. The number of nitrogens with zero attached hydrogens (tertiary/aromatic N) is 4. The second-order valence-corrected chi connectivity index (χ2v) is 8.09. The predicted octanol–water partition coefficient (Wildman–Crippen LogP) is 2.28. The minimum Gasteiger partial charge on any atom is -0.357 e. The van der Waals surface area contributed by atoms with Crippen LogP contribution < -0.4 is 16.0 Å². The fraction of sp³-hybridized carbons (Fsp3) is 0.571. The number of aromatic nitrogens is 3. The molecule has 0 radical (unpaired) electrons. The van der Waals surface area contributed by atoms with E-state index in [4.69, 9.17) is 4.99 Å². The van der Waals surface area contributed by atoms with E-state index in [1.807, 2.05) is 10.7 Å². The molecule has 7 nitrogen and oxygen atoms in total. The summed E-state index contributed by atoms with van der Waals surface area (Å²) in [4.78, 5) is 9.15. The molecule has 2 unspecified atom stereocenters. The van der Waals surface area contributed by atoms with Crippen molar-refractivity contribution in [1.82, 2.24) is 30.7 Å². The molecule has 0 aliphatic carbocycles. The molecule has 2 atom stereocenters. The predicted molar refractivity (Wildman–Crippen MR) is 113 cm³/mol. The number of aryl methyl sites for hydroxylation is 1. The zero-order valence-corrected chi connectivity index (χ0v) is 17.4. The first kappa shape index (κ1) is 20.3. The van der Waals surface area contributed by atoms with Crippen LogP contribution in [0.2, 0.25) is 0 Å². The van der Waals surface area contributed by atoms with Crippen LogP contribution in [0, 0.1) is 0 Å². The number of fused-ring (bicyclic) bond motifs is 1. The van der Waals surface area contributed by atoms with Gasteiger partial charge in [-0.15, -0.1) is 0 Å². The lowest BCUT2D eigenvalue weighted by Gasteiger charge is -2.30. The van der Waals surface area contributed by atoms with Crippen LogP contribution in [0.4, 0.5) is 0 Å². The number of guanidine groups is 1. The van der Waals surface area contributed by atoms with Crippen LogP contribution in [0.3, 0.4) is 0 Å². The zero-order chi connectivity index (χ0) is 20.0. The maximum atomic E-state index is 4.86. The van der Waals surface area contributed by atoms with Gasteiger partial charge in [0.15, 0.2) is 5.96 Å². The first-order chi connectivity index (χ1) is 13.5. The SMILES string of the molecule is CCNC(=NCC(C)(C)NC(C)c1ccccc1)NC1CCc2ncnn2C1. The van der Waals surface area contributed by atoms with Crippen LogP contribution in [0.25, 0.3) is 0 Å². The molecule has 3 rings (SSSR count). The van der Waals surface area contributed by atoms with E-state index in [0.717, 1.165) is 37.7 Å². The van der Waals surface area contributed by atoms with Crippen LogP contribution >= 0.6 is 0 Å². The van der Waals surface area contributed by atoms with Crippen molar-refractivity contribution in [1.29, 1.82) is 0 Å². The van der Waals surface area contributed by atoms with Gasteiger partial charge >= 0.3 is 0 Å². The summed E-state index contributed by atoms with van der Waals surface area (Å²) in [5, 5.41) is 14.9. The highest BCUT2D eigenvalue weighted by atomic mass is 15.4. The van der Waals surface area contributed by atoms with Crippen LogP contribution in [0.15, 0.2) is 41.7 Å². The number of benzene rings is 1. The first-order valence-electron chi connectivity index (χ1n) is 10.2.